The molecule has 488 valence electrons. The van der Waals surface area contributed by atoms with E-state index < -0.39 is 231 Å². The normalized spacial score (nSPS) is 56.1. The van der Waals surface area contributed by atoms with Gasteiger partial charge in [-0.05, 0) is 98.7 Å². The van der Waals surface area contributed by atoms with Crippen LogP contribution in [0.25, 0.3) is 0 Å². The third-order valence-corrected chi connectivity index (χ3v) is 22.7. The van der Waals surface area contributed by atoms with Crippen molar-refractivity contribution in [1.29, 1.82) is 0 Å². The second-order valence-electron chi connectivity index (χ2n) is 28.3. The Hall–Kier alpha value is -1.79. The molecule has 16 N–H and O–H groups in total. The topological polar surface area (TPSA) is 433 Å². The average Bonchev–Trinajstić information content (AvgIpc) is 0.681. The fourth-order valence-electron chi connectivity index (χ4n) is 17.7. The lowest BCUT2D eigenvalue weighted by Gasteiger charge is -2.72. The summed E-state index contributed by atoms with van der Waals surface area (Å²) in [6, 6.07) is 0. The summed E-state index contributed by atoms with van der Waals surface area (Å²) in [7, 11) is 0. The van der Waals surface area contributed by atoms with Crippen molar-refractivity contribution in [3.63, 3.8) is 0 Å². The van der Waals surface area contributed by atoms with Crippen molar-refractivity contribution < 1.29 is 134 Å². The molecule has 27 heteroatoms. The minimum Gasteiger partial charge on any atom is -0.432 e. The van der Waals surface area contributed by atoms with E-state index in [0.29, 0.717) is 38.5 Å². The number of carbonyl (C=O) groups excluding carboxylic acids is 1. The van der Waals surface area contributed by atoms with Crippen molar-refractivity contribution in [1.82, 2.24) is 0 Å². The van der Waals surface area contributed by atoms with E-state index in [1.54, 1.807) is 6.92 Å². The molecule has 34 atom stereocenters. The predicted octanol–water partition coefficient (Wildman–Crippen LogP) is -3.96. The van der Waals surface area contributed by atoms with E-state index >= 15 is 4.79 Å². The van der Waals surface area contributed by atoms with Crippen molar-refractivity contribution in [2.75, 3.05) is 26.4 Å². The number of hydrogen-bond donors (Lipinski definition) is 16. The third kappa shape index (κ3) is 10.9. The minimum atomic E-state index is -1.96. The molecular formula is C58H94O27. The molecular weight excluding hydrogens is 1130 g/mol. The summed E-state index contributed by atoms with van der Waals surface area (Å²) in [6.45, 7) is 13.0. The molecule has 10 rings (SSSR count). The van der Waals surface area contributed by atoms with Crippen LogP contribution in [0.2, 0.25) is 0 Å². The van der Waals surface area contributed by atoms with Crippen LogP contribution >= 0.6 is 0 Å². The van der Waals surface area contributed by atoms with E-state index in [9.17, 15) is 81.7 Å². The van der Waals surface area contributed by atoms with Gasteiger partial charge in [-0.1, -0.05) is 53.2 Å². The first kappa shape index (κ1) is 66.1. The van der Waals surface area contributed by atoms with Crippen LogP contribution in [0.1, 0.15) is 107 Å². The van der Waals surface area contributed by atoms with Crippen molar-refractivity contribution in [3.8, 4) is 0 Å². The molecule has 0 spiro atoms. The number of aliphatic hydroxyl groups is 16. The minimum absolute atomic E-state index is 0.103. The second kappa shape index (κ2) is 24.0. The van der Waals surface area contributed by atoms with Gasteiger partial charge >= 0.3 is 5.97 Å². The molecule has 5 heterocycles. The van der Waals surface area contributed by atoms with Crippen molar-refractivity contribution in [3.05, 3.63) is 11.6 Å². The first-order valence-electron chi connectivity index (χ1n) is 30.2. The van der Waals surface area contributed by atoms with Gasteiger partial charge in [0, 0.05) is 11.3 Å². The predicted molar refractivity (Wildman–Crippen MR) is 285 cm³/mol. The summed E-state index contributed by atoms with van der Waals surface area (Å²) < 4.78 is 59.1. The summed E-state index contributed by atoms with van der Waals surface area (Å²) in [4.78, 5) is 15.4. The number of ether oxygens (including phenoxy) is 10. The lowest BCUT2D eigenvalue weighted by Crippen LogP contribution is -2.72. The van der Waals surface area contributed by atoms with Crippen molar-refractivity contribution in [2.45, 2.75) is 266 Å². The van der Waals surface area contributed by atoms with Gasteiger partial charge < -0.3 is 129 Å². The van der Waals surface area contributed by atoms with Crippen LogP contribution in [-0.2, 0) is 52.2 Å². The first-order chi connectivity index (χ1) is 39.7. The van der Waals surface area contributed by atoms with Crippen LogP contribution in [0, 0.1) is 50.2 Å². The van der Waals surface area contributed by atoms with Gasteiger partial charge in [-0.15, -0.1) is 0 Å². The Labute approximate surface area is 493 Å². The molecule has 27 nitrogen and oxygen atoms in total. The summed E-state index contributed by atoms with van der Waals surface area (Å²) in [6.07, 6.45) is -35.1. The van der Waals surface area contributed by atoms with Crippen LogP contribution in [0.15, 0.2) is 11.6 Å². The second-order valence-corrected chi connectivity index (χ2v) is 28.3. The highest BCUT2D eigenvalue weighted by atomic mass is 16.8. The maximum absolute atomic E-state index is 15.4. The fourth-order valence-corrected chi connectivity index (χ4v) is 17.7. The van der Waals surface area contributed by atoms with Crippen LogP contribution in [0.5, 0.6) is 0 Å². The number of allylic oxidation sites excluding steroid dienone is 2. The van der Waals surface area contributed by atoms with E-state index in [2.05, 4.69) is 33.8 Å². The number of fused-ring (bicyclic) bond motifs is 7. The molecule has 5 aliphatic carbocycles. The maximum atomic E-state index is 15.4. The monoisotopic (exact) mass is 1220 g/mol. The van der Waals surface area contributed by atoms with Gasteiger partial charge in [0.2, 0.25) is 6.29 Å². The first-order valence-corrected chi connectivity index (χ1v) is 30.2. The molecule has 0 aromatic rings. The van der Waals surface area contributed by atoms with Gasteiger partial charge in [-0.3, -0.25) is 4.79 Å². The molecule has 4 saturated carbocycles. The molecule has 0 bridgehead atoms. The molecule has 5 saturated heterocycles. The molecule has 9 fully saturated rings. The van der Waals surface area contributed by atoms with Crippen LogP contribution < -0.4 is 0 Å². The van der Waals surface area contributed by atoms with E-state index in [1.165, 1.54) is 13.8 Å². The van der Waals surface area contributed by atoms with E-state index in [-0.39, 0.29) is 24.2 Å². The van der Waals surface area contributed by atoms with Crippen LogP contribution in [0.4, 0.5) is 0 Å². The molecule has 0 radical (unpaired) electrons. The molecule has 0 unspecified atom stereocenters. The zero-order chi connectivity index (χ0) is 62.2. The van der Waals surface area contributed by atoms with Gasteiger partial charge in [-0.2, -0.15) is 0 Å². The van der Waals surface area contributed by atoms with Crippen molar-refractivity contribution >= 4 is 5.97 Å². The molecule has 10 aliphatic rings. The summed E-state index contributed by atoms with van der Waals surface area (Å²) >= 11 is 0. The van der Waals surface area contributed by atoms with Gasteiger partial charge in [0.1, 0.15) is 91.6 Å². The van der Waals surface area contributed by atoms with Gasteiger partial charge in [0.25, 0.3) is 0 Å². The molecule has 85 heavy (non-hydrogen) atoms. The van der Waals surface area contributed by atoms with Crippen LogP contribution in [0.3, 0.4) is 0 Å². The Morgan fingerprint density at radius 3 is 1.78 bits per heavy atom. The van der Waals surface area contributed by atoms with Gasteiger partial charge in [-0.25, -0.2) is 0 Å². The van der Waals surface area contributed by atoms with Gasteiger partial charge in [0.15, 0.2) is 31.3 Å². The molecule has 0 aromatic carbocycles. The fraction of sp³-hybridized carbons (Fsp3) is 0.948. The van der Waals surface area contributed by atoms with Gasteiger partial charge in [0.05, 0.1) is 62.4 Å². The Kier molecular flexibility index (Phi) is 18.7. The molecule has 0 amide bonds. The Morgan fingerprint density at radius 2 is 1.12 bits per heavy atom. The number of hydrogen-bond acceptors (Lipinski definition) is 27. The zero-order valence-electron chi connectivity index (χ0n) is 49.5. The summed E-state index contributed by atoms with van der Waals surface area (Å²) in [5.41, 5.74) is -3.85. The SMILES string of the molecule is C[C@@H]1O[C@@H](O[C@@H]2[C@@H](O)[C@H](O[C@@H]3[C@@H](O)[C@@H](O)[C@H](O[C@H]4[C@H](OC(=O)[C@]56CCC(C)(C)C[C@H]5C5=CC[C@@H]7[C@@]8(C)C[C@H](O)[C@H](O[C@@H]9O[C@H](CO)[C@@H](O)[C@H](O)[C@H]9O)[C@@](C)(CO)[C@@H]8[C@H](O)C[C@@]7(C)[C@]5(C)CC6)OC[C@H](O)[C@@H]4O)O[C@H]3C)OC[C@H]2O)[C@H](O)[C@H](O)[C@H]1O. The number of esters is 1. The lowest BCUT2D eigenvalue weighted by molar-refractivity contribution is -0.377. The van der Waals surface area contributed by atoms with Crippen molar-refractivity contribution in [2.24, 2.45) is 50.2 Å². The van der Waals surface area contributed by atoms with E-state index in [0.717, 1.165) is 5.57 Å². The lowest BCUT2D eigenvalue weighted by atomic mass is 9.33. The quantitative estimate of drug-likeness (QED) is 0.0504. The van der Waals surface area contributed by atoms with E-state index in [4.69, 9.17) is 47.4 Å². The average molecular weight is 1220 g/mol. The Morgan fingerprint density at radius 1 is 0.541 bits per heavy atom. The highest BCUT2D eigenvalue weighted by molar-refractivity contribution is 5.79. The molecule has 0 aromatic heterocycles. The Balaban J connectivity index is 0.852. The number of carbonyl (C=O) groups is 1. The number of rotatable bonds is 12. The van der Waals surface area contributed by atoms with Crippen LogP contribution in [-0.4, -0.2) is 274 Å². The Bertz CT molecular complexity index is 2390. The number of aliphatic hydroxyl groups excluding tert-OH is 16. The zero-order valence-corrected chi connectivity index (χ0v) is 49.5. The third-order valence-electron chi connectivity index (χ3n) is 22.7. The summed E-state index contributed by atoms with van der Waals surface area (Å²) in [5, 5.41) is 177. The maximum Gasteiger partial charge on any atom is 0.315 e. The smallest absolute Gasteiger partial charge is 0.315 e. The molecule has 5 aliphatic heterocycles. The summed E-state index contributed by atoms with van der Waals surface area (Å²) in [5.74, 6) is -1.92. The largest absolute Gasteiger partial charge is 0.432 e. The van der Waals surface area contributed by atoms with E-state index in [1.807, 2.05) is 6.92 Å². The highest BCUT2D eigenvalue weighted by Crippen LogP contribution is 2.76. The standard InChI is InChI=1S/C58H94O27/c1-22-32(65)35(68)38(71)48(78-22)82-43-29(64)20-76-47(41(43)74)81-42-23(2)79-49(40(73)37(42)70)83-44-33(66)28(63)19-77-51(44)85-52(75)58-13-11-53(3,4)15-25(58)24-9-10-31-54(5)16-27(62)46(84-50-39(72)36(69)34(67)30(18-59)80-50)55(6,21-60)45(54)26(61)17-57(31,8)56(24,7)12-14-58/h9,22-23,25-51,59-74H,10-21H2,1-8H3/t22-,23-,25-,26+,27-,28-,29+,30+,31+,32-,33-,34+,35+,36-,37-,38+,39+,40+,41+,42-,43-,44+,45+,46-,47-,48-,49-,50-,51-,54+,55-,56+,57+,58-/m0/s1. The highest BCUT2D eigenvalue weighted by Gasteiger charge is 2.73.